The molecule has 3 heterocycles. The summed E-state index contributed by atoms with van der Waals surface area (Å²) in [4.78, 5) is 17.0. The molecule has 0 radical (unpaired) electrons. The van der Waals surface area contributed by atoms with Crippen LogP contribution in [0, 0.1) is 6.92 Å². The number of nitrogens with one attached hydrogen (secondary N) is 1. The standard InChI is InChI=1S/C19H18N6O2S2/c1-12-14(7-9-27-12)17-23-24-19(25(17)20)29-11-15(26)22-16(18-21-8-10-28-18)13-5-3-2-4-6-13/h2-10,16H,11,20H2,1H3,(H,22,26). The monoisotopic (exact) mass is 426 g/mol. The maximum absolute atomic E-state index is 12.6. The fourth-order valence-electron chi connectivity index (χ4n) is 2.82. The van der Waals surface area contributed by atoms with Crippen molar-refractivity contribution in [2.24, 2.45) is 0 Å². The number of hydrogen-bond acceptors (Lipinski definition) is 8. The fourth-order valence-corrected chi connectivity index (χ4v) is 4.20. The summed E-state index contributed by atoms with van der Waals surface area (Å²) in [5, 5.41) is 14.4. The molecule has 0 bridgehead atoms. The predicted molar refractivity (Wildman–Crippen MR) is 112 cm³/mol. The third kappa shape index (κ3) is 4.17. The lowest BCUT2D eigenvalue weighted by molar-refractivity contribution is -0.119. The van der Waals surface area contributed by atoms with Gasteiger partial charge in [0.15, 0.2) is 5.82 Å². The second-order valence-electron chi connectivity index (χ2n) is 6.14. The third-order valence-corrected chi connectivity index (χ3v) is 6.02. The molecule has 1 aromatic carbocycles. The van der Waals surface area contributed by atoms with E-state index in [-0.39, 0.29) is 17.7 Å². The average molecular weight is 427 g/mol. The minimum absolute atomic E-state index is 0.147. The van der Waals surface area contributed by atoms with Gasteiger partial charge < -0.3 is 15.6 Å². The number of furan rings is 1. The Labute approximate surface area is 175 Å². The van der Waals surface area contributed by atoms with Crippen molar-refractivity contribution in [2.75, 3.05) is 11.6 Å². The van der Waals surface area contributed by atoms with Gasteiger partial charge in [0.2, 0.25) is 11.1 Å². The van der Waals surface area contributed by atoms with Crippen LogP contribution < -0.4 is 11.2 Å². The zero-order valence-electron chi connectivity index (χ0n) is 15.5. The van der Waals surface area contributed by atoms with Gasteiger partial charge in [0.25, 0.3) is 0 Å². The maximum Gasteiger partial charge on any atom is 0.231 e. The second-order valence-corrected chi connectivity index (χ2v) is 8.01. The molecule has 0 fully saturated rings. The first-order valence-corrected chi connectivity index (χ1v) is 10.6. The molecule has 0 aliphatic heterocycles. The van der Waals surface area contributed by atoms with Crippen molar-refractivity contribution in [1.29, 1.82) is 0 Å². The first kappa shape index (κ1) is 19.2. The normalized spacial score (nSPS) is 12.0. The van der Waals surface area contributed by atoms with Gasteiger partial charge >= 0.3 is 0 Å². The van der Waals surface area contributed by atoms with E-state index in [1.807, 2.05) is 42.6 Å². The summed E-state index contributed by atoms with van der Waals surface area (Å²) >= 11 is 2.72. The van der Waals surface area contributed by atoms with Crippen LogP contribution in [0.3, 0.4) is 0 Å². The van der Waals surface area contributed by atoms with E-state index in [2.05, 4.69) is 20.5 Å². The summed E-state index contributed by atoms with van der Waals surface area (Å²) in [7, 11) is 0. The summed E-state index contributed by atoms with van der Waals surface area (Å²) in [6.45, 7) is 1.83. The molecule has 0 aliphatic rings. The number of nitrogens with zero attached hydrogens (tertiary/aromatic N) is 4. The van der Waals surface area contributed by atoms with Gasteiger partial charge in [-0.15, -0.1) is 21.5 Å². The Kier molecular flexibility index (Phi) is 5.63. The summed E-state index contributed by atoms with van der Waals surface area (Å²) < 4.78 is 6.66. The van der Waals surface area contributed by atoms with Gasteiger partial charge in [-0.25, -0.2) is 9.66 Å². The van der Waals surface area contributed by atoms with Crippen LogP contribution in [0.1, 0.15) is 22.4 Å². The Hall–Kier alpha value is -3.11. The van der Waals surface area contributed by atoms with Gasteiger partial charge in [-0.05, 0) is 18.6 Å². The van der Waals surface area contributed by atoms with Crippen molar-refractivity contribution in [1.82, 2.24) is 25.2 Å². The number of rotatable bonds is 7. The fraction of sp³-hybridized carbons (Fsp3) is 0.158. The molecule has 0 spiro atoms. The molecule has 1 atom stereocenters. The molecule has 0 saturated carbocycles. The Morgan fingerprint density at radius 1 is 1.31 bits per heavy atom. The van der Waals surface area contributed by atoms with E-state index < -0.39 is 0 Å². The number of carbonyl (C=O) groups excluding carboxylic acids is 1. The molecule has 3 N–H and O–H groups in total. The third-order valence-electron chi connectivity index (χ3n) is 4.23. The Morgan fingerprint density at radius 2 is 2.14 bits per heavy atom. The van der Waals surface area contributed by atoms with Gasteiger partial charge in [0, 0.05) is 11.6 Å². The minimum atomic E-state index is -0.302. The SMILES string of the molecule is Cc1occc1-c1nnc(SCC(=O)NC(c2ccccc2)c2nccs2)n1N. The molecule has 1 unspecified atom stereocenters. The smallest absolute Gasteiger partial charge is 0.231 e. The van der Waals surface area contributed by atoms with E-state index in [9.17, 15) is 4.79 Å². The van der Waals surface area contributed by atoms with Crippen LogP contribution in [-0.4, -0.2) is 31.5 Å². The number of nitrogens with two attached hydrogens (primary N) is 1. The van der Waals surface area contributed by atoms with E-state index >= 15 is 0 Å². The Balaban J connectivity index is 1.45. The average Bonchev–Trinajstić information content (AvgIpc) is 3.47. The number of hydrogen-bond donors (Lipinski definition) is 2. The Bertz CT molecular complexity index is 1090. The van der Waals surface area contributed by atoms with E-state index in [0.29, 0.717) is 16.7 Å². The maximum atomic E-state index is 12.6. The van der Waals surface area contributed by atoms with Gasteiger partial charge in [-0.3, -0.25) is 4.79 Å². The number of carbonyl (C=O) groups is 1. The van der Waals surface area contributed by atoms with E-state index in [1.54, 1.807) is 18.5 Å². The number of benzene rings is 1. The molecule has 8 nitrogen and oxygen atoms in total. The molecular formula is C19H18N6O2S2. The lowest BCUT2D eigenvalue weighted by Crippen LogP contribution is -2.30. The van der Waals surface area contributed by atoms with Gasteiger partial charge in [-0.1, -0.05) is 42.1 Å². The number of amides is 1. The highest BCUT2D eigenvalue weighted by Crippen LogP contribution is 2.26. The summed E-state index contributed by atoms with van der Waals surface area (Å²) in [6, 6.07) is 11.2. The molecular weight excluding hydrogens is 408 g/mol. The Morgan fingerprint density at radius 3 is 2.83 bits per heavy atom. The zero-order chi connectivity index (χ0) is 20.2. The highest BCUT2D eigenvalue weighted by Gasteiger charge is 2.21. The lowest BCUT2D eigenvalue weighted by Gasteiger charge is -2.17. The molecule has 148 valence electrons. The summed E-state index contributed by atoms with van der Waals surface area (Å²) in [6.07, 6.45) is 3.30. The van der Waals surface area contributed by atoms with Crippen LogP contribution in [0.25, 0.3) is 11.4 Å². The van der Waals surface area contributed by atoms with Crippen LogP contribution in [-0.2, 0) is 4.79 Å². The topological polar surface area (TPSA) is 112 Å². The molecule has 0 aliphatic carbocycles. The highest BCUT2D eigenvalue weighted by molar-refractivity contribution is 7.99. The van der Waals surface area contributed by atoms with Crippen molar-refractivity contribution in [3.05, 3.63) is 70.6 Å². The van der Waals surface area contributed by atoms with Crippen LogP contribution in [0.2, 0.25) is 0 Å². The molecule has 4 rings (SSSR count). The van der Waals surface area contributed by atoms with Gasteiger partial charge in [0.05, 0.1) is 17.6 Å². The van der Waals surface area contributed by atoms with E-state index in [4.69, 9.17) is 10.3 Å². The second kappa shape index (κ2) is 8.50. The first-order chi connectivity index (χ1) is 14.1. The van der Waals surface area contributed by atoms with Gasteiger partial charge in [0.1, 0.15) is 16.8 Å². The quantitative estimate of drug-likeness (QED) is 0.345. The molecule has 1 amide bonds. The minimum Gasteiger partial charge on any atom is -0.469 e. The van der Waals surface area contributed by atoms with E-state index in [0.717, 1.165) is 16.1 Å². The van der Waals surface area contributed by atoms with Crippen LogP contribution in [0.4, 0.5) is 0 Å². The molecule has 0 saturated heterocycles. The number of thiazole rings is 1. The molecule has 4 aromatic rings. The first-order valence-electron chi connectivity index (χ1n) is 8.75. The van der Waals surface area contributed by atoms with Crippen LogP contribution in [0.5, 0.6) is 0 Å². The summed E-state index contributed by atoms with van der Waals surface area (Å²) in [5.74, 6) is 7.30. The van der Waals surface area contributed by atoms with E-state index in [1.165, 1.54) is 27.8 Å². The lowest BCUT2D eigenvalue weighted by atomic mass is 10.1. The number of aromatic nitrogens is 4. The molecule has 29 heavy (non-hydrogen) atoms. The van der Waals surface area contributed by atoms with Crippen molar-refractivity contribution < 1.29 is 9.21 Å². The van der Waals surface area contributed by atoms with Crippen LogP contribution in [0.15, 0.2) is 63.8 Å². The zero-order valence-corrected chi connectivity index (χ0v) is 17.1. The number of aryl methyl sites for hydroxylation is 1. The van der Waals surface area contributed by atoms with Crippen molar-refractivity contribution >= 4 is 29.0 Å². The highest BCUT2D eigenvalue weighted by atomic mass is 32.2. The predicted octanol–water partition coefficient (Wildman–Crippen LogP) is 3.01. The van der Waals surface area contributed by atoms with Crippen molar-refractivity contribution in [3.8, 4) is 11.4 Å². The van der Waals surface area contributed by atoms with Crippen molar-refractivity contribution in [2.45, 2.75) is 18.1 Å². The largest absolute Gasteiger partial charge is 0.469 e. The van der Waals surface area contributed by atoms with Crippen LogP contribution >= 0.6 is 23.1 Å². The summed E-state index contributed by atoms with van der Waals surface area (Å²) in [5.41, 5.74) is 1.74. The van der Waals surface area contributed by atoms with Gasteiger partial charge in [-0.2, -0.15) is 0 Å². The van der Waals surface area contributed by atoms with Crippen molar-refractivity contribution in [3.63, 3.8) is 0 Å². The molecule has 3 aromatic heterocycles. The number of nitrogen functional groups attached to an aromatic ring is 1. The molecule has 10 heteroatoms. The number of thioether (sulfide) groups is 1.